The highest BCUT2D eigenvalue weighted by Gasteiger charge is 2.23. The summed E-state index contributed by atoms with van der Waals surface area (Å²) in [6, 6.07) is 9.68. The molecule has 3 heterocycles. The van der Waals surface area contributed by atoms with Gasteiger partial charge in [0, 0.05) is 37.0 Å². The Morgan fingerprint density at radius 1 is 1.14 bits per heavy atom. The van der Waals surface area contributed by atoms with Gasteiger partial charge in [0.25, 0.3) is 0 Å². The predicted molar refractivity (Wildman–Crippen MR) is 165 cm³/mol. The maximum Gasteiger partial charge on any atom is 0.306 e. The number of nitrogens with two attached hydrogens (primary N) is 1. The maximum absolute atomic E-state index is 12.0. The van der Waals surface area contributed by atoms with Crippen LogP contribution in [0.3, 0.4) is 0 Å². The van der Waals surface area contributed by atoms with E-state index in [1.165, 1.54) is 18.4 Å². The number of anilines is 1. The van der Waals surface area contributed by atoms with E-state index < -0.39 is 0 Å². The number of carbonyl (C=O) groups excluding carboxylic acids is 1. The number of esters is 1. The van der Waals surface area contributed by atoms with Crippen molar-refractivity contribution in [2.24, 2.45) is 10.9 Å². The van der Waals surface area contributed by atoms with Crippen molar-refractivity contribution in [1.29, 1.82) is 0 Å². The molecule has 0 spiro atoms. The lowest BCUT2D eigenvalue weighted by Crippen LogP contribution is -2.15. The normalized spacial score (nSPS) is 13.1. The van der Waals surface area contributed by atoms with E-state index in [-0.39, 0.29) is 38.3 Å². The van der Waals surface area contributed by atoms with Crippen molar-refractivity contribution in [2.45, 2.75) is 65.5 Å². The third-order valence-electron chi connectivity index (χ3n) is 7.09. The summed E-state index contributed by atoms with van der Waals surface area (Å²) in [5.74, 6) is 1.85. The molecule has 1 saturated carbocycles. The van der Waals surface area contributed by atoms with Crippen LogP contribution in [0.4, 0.5) is 5.82 Å². The molecule has 5 rings (SSSR count). The summed E-state index contributed by atoms with van der Waals surface area (Å²) < 4.78 is 13.2. The average molecular weight is 592 g/mol. The first kappa shape index (κ1) is 30.6. The molecule has 12 heteroatoms. The second-order valence-electron chi connectivity index (χ2n) is 10.3. The van der Waals surface area contributed by atoms with Gasteiger partial charge >= 0.3 is 5.97 Å². The number of pyridine rings is 1. The molecule has 0 saturated heterocycles. The molecule has 11 nitrogen and oxygen atoms in total. The molecule has 1 fully saturated rings. The Labute approximate surface area is 251 Å². The van der Waals surface area contributed by atoms with Crippen molar-refractivity contribution in [3.05, 3.63) is 82.1 Å². The van der Waals surface area contributed by atoms with Gasteiger partial charge in [0.05, 0.1) is 18.7 Å². The summed E-state index contributed by atoms with van der Waals surface area (Å²) in [4.78, 5) is 25.8. The Hall–Kier alpha value is -4.32. The van der Waals surface area contributed by atoms with Crippen LogP contribution in [0, 0.1) is 13.8 Å². The third kappa shape index (κ3) is 7.49. The van der Waals surface area contributed by atoms with Gasteiger partial charge in [-0.15, -0.1) is 0 Å². The van der Waals surface area contributed by atoms with Crippen molar-refractivity contribution < 1.29 is 19.5 Å². The van der Waals surface area contributed by atoms with Gasteiger partial charge in [0.2, 0.25) is 5.88 Å². The summed E-state index contributed by atoms with van der Waals surface area (Å²) in [5.41, 5.74) is 12.5. The minimum Gasteiger partial charge on any atom is -0.471 e. The van der Waals surface area contributed by atoms with Crippen LogP contribution in [0.5, 0.6) is 5.88 Å². The molecular weight excluding hydrogens is 554 g/mol. The van der Waals surface area contributed by atoms with E-state index in [4.69, 9.17) is 20.4 Å². The Morgan fingerprint density at radius 3 is 2.60 bits per heavy atom. The average Bonchev–Trinajstić information content (AvgIpc) is 3.73. The largest absolute Gasteiger partial charge is 0.471 e. The van der Waals surface area contributed by atoms with Crippen LogP contribution < -0.4 is 15.8 Å². The highest BCUT2D eigenvalue weighted by molar-refractivity contribution is 7.59. The van der Waals surface area contributed by atoms with Crippen LogP contribution in [0.2, 0.25) is 0 Å². The number of rotatable bonds is 12. The van der Waals surface area contributed by atoms with Crippen molar-refractivity contribution in [2.75, 3.05) is 11.9 Å². The summed E-state index contributed by atoms with van der Waals surface area (Å²) in [7, 11) is 0. The number of hydrogen-bond donors (Lipinski definition) is 3. The summed E-state index contributed by atoms with van der Waals surface area (Å²) in [6.45, 7) is 6.77. The quantitative estimate of drug-likeness (QED) is 0.0711. The number of fused-ring (bicyclic) bond motifs is 1. The summed E-state index contributed by atoms with van der Waals surface area (Å²) in [6.07, 6.45) is 7.10. The molecule has 1 aliphatic carbocycles. The molecule has 4 N–H and O–H groups in total. The van der Waals surface area contributed by atoms with E-state index in [2.05, 4.69) is 37.7 Å². The number of ether oxygens (including phenoxy) is 2. The molecule has 0 unspecified atom stereocenters. The smallest absolute Gasteiger partial charge is 0.306 e. The number of nitrogens with one attached hydrogen (secondary N) is 1. The van der Waals surface area contributed by atoms with Gasteiger partial charge in [0.15, 0.2) is 5.84 Å². The van der Waals surface area contributed by atoms with Gasteiger partial charge in [-0.2, -0.15) is 18.5 Å². The molecule has 222 valence electrons. The number of nitrogens with zero attached hydrogens (tertiary/aromatic N) is 5. The monoisotopic (exact) mass is 591 g/mol. The number of carbonyl (C=O) groups is 1. The predicted octanol–water partition coefficient (Wildman–Crippen LogP) is 4.51. The fourth-order valence-electron chi connectivity index (χ4n) is 4.79. The van der Waals surface area contributed by atoms with Crippen molar-refractivity contribution in [3.63, 3.8) is 0 Å². The van der Waals surface area contributed by atoms with Crippen LogP contribution in [0.1, 0.15) is 71.4 Å². The first-order chi connectivity index (χ1) is 19.8. The first-order valence-corrected chi connectivity index (χ1v) is 13.8. The molecule has 0 aliphatic heterocycles. The minimum atomic E-state index is -0.302. The first-order valence-electron chi connectivity index (χ1n) is 13.8. The molecule has 42 heavy (non-hydrogen) atoms. The molecule has 0 bridgehead atoms. The molecule has 0 amide bonds. The van der Waals surface area contributed by atoms with Crippen LogP contribution in [0.15, 0.2) is 47.9 Å². The third-order valence-corrected chi connectivity index (χ3v) is 7.09. The molecule has 1 aromatic carbocycles. The van der Waals surface area contributed by atoms with Crippen molar-refractivity contribution >= 4 is 36.8 Å². The lowest BCUT2D eigenvalue weighted by molar-refractivity contribution is -0.143. The molecule has 4 aromatic rings. The second kappa shape index (κ2) is 13.6. The molecule has 0 atom stereocenters. The topological polar surface area (TPSA) is 149 Å². The fourth-order valence-corrected chi connectivity index (χ4v) is 4.79. The Balaban J connectivity index is 0.00000405. The van der Waals surface area contributed by atoms with Crippen LogP contribution in [-0.4, -0.2) is 43.0 Å². The van der Waals surface area contributed by atoms with E-state index in [0.717, 1.165) is 28.0 Å². The van der Waals surface area contributed by atoms with Gasteiger partial charge in [-0.1, -0.05) is 11.2 Å². The van der Waals surface area contributed by atoms with E-state index in [0.29, 0.717) is 48.6 Å². The van der Waals surface area contributed by atoms with Gasteiger partial charge in [-0.25, -0.2) is 9.97 Å². The van der Waals surface area contributed by atoms with Crippen molar-refractivity contribution in [3.8, 4) is 5.88 Å². The van der Waals surface area contributed by atoms with Crippen LogP contribution in [-0.2, 0) is 29.1 Å². The molecule has 3 aromatic heterocycles. The fraction of sp³-hybridized carbons (Fsp3) is 0.367. The Bertz CT molecular complexity index is 1580. The highest BCUT2D eigenvalue weighted by atomic mass is 32.1. The SMILES string of the molecule is CCOC(=O)CCc1nc(NCc2c(C)cc(/C(N)=N\O)cc2C)cc(OCc2cn3cc(C4CC4)ccc3n2)n1.S. The lowest BCUT2D eigenvalue weighted by atomic mass is 9.99. The maximum atomic E-state index is 12.0. The van der Waals surface area contributed by atoms with Crippen molar-refractivity contribution in [1.82, 2.24) is 19.4 Å². The number of aryl methyl sites for hydroxylation is 3. The van der Waals surface area contributed by atoms with Gasteiger partial charge in [-0.3, -0.25) is 4.79 Å². The van der Waals surface area contributed by atoms with E-state index in [9.17, 15) is 4.79 Å². The Kier molecular flexibility index (Phi) is 9.89. The Morgan fingerprint density at radius 2 is 1.90 bits per heavy atom. The van der Waals surface area contributed by atoms with Gasteiger partial charge < -0.3 is 30.1 Å². The lowest BCUT2D eigenvalue weighted by Gasteiger charge is -2.15. The van der Waals surface area contributed by atoms with Gasteiger partial charge in [0.1, 0.15) is 23.9 Å². The zero-order valence-corrected chi connectivity index (χ0v) is 25.1. The molecular formula is C30H37N7O4S. The zero-order chi connectivity index (χ0) is 28.9. The number of benzene rings is 1. The van der Waals surface area contributed by atoms with Crippen LogP contribution in [0.25, 0.3) is 5.65 Å². The zero-order valence-electron chi connectivity index (χ0n) is 24.1. The summed E-state index contributed by atoms with van der Waals surface area (Å²) in [5, 5.41) is 15.5. The number of oxime groups is 1. The summed E-state index contributed by atoms with van der Waals surface area (Å²) >= 11 is 0. The van der Waals surface area contributed by atoms with Crippen LogP contribution >= 0.6 is 13.5 Å². The van der Waals surface area contributed by atoms with E-state index in [1.54, 1.807) is 13.0 Å². The number of aromatic nitrogens is 4. The number of amidine groups is 1. The molecule has 1 aliphatic rings. The minimum absolute atomic E-state index is 0. The van der Waals surface area contributed by atoms with E-state index >= 15 is 0 Å². The second-order valence-corrected chi connectivity index (χ2v) is 10.3. The molecule has 0 radical (unpaired) electrons. The number of imidazole rings is 1. The van der Waals surface area contributed by atoms with Gasteiger partial charge in [-0.05, 0) is 80.0 Å². The number of hydrogen-bond acceptors (Lipinski definition) is 9. The highest BCUT2D eigenvalue weighted by Crippen LogP contribution is 2.39. The standard InChI is InChI=1S/C30H35N7O4.H2S/c1-4-40-29(38)10-8-25-34-26(32-14-24-18(2)11-22(12-19(24)3)30(31)36-39)13-28(35-25)41-17-23-16-37-15-21(20-5-6-20)7-9-27(37)33-23;/h7,9,11-13,15-16,20,39H,4-6,8,10,14,17H2,1-3H3,(H2,31,36)(H,32,34,35);1H2. The van der Waals surface area contributed by atoms with E-state index in [1.807, 2.05) is 42.6 Å².